The van der Waals surface area contributed by atoms with Crippen molar-refractivity contribution >= 4 is 0 Å². The minimum atomic E-state index is -0.937. The molecule has 3 unspecified atom stereocenters. The van der Waals surface area contributed by atoms with Gasteiger partial charge in [0.1, 0.15) is 11.6 Å². The quantitative estimate of drug-likeness (QED) is 0.836. The minimum absolute atomic E-state index is 0.189. The summed E-state index contributed by atoms with van der Waals surface area (Å²) in [7, 11) is 0. The van der Waals surface area contributed by atoms with Gasteiger partial charge in [-0.25, -0.2) is 8.78 Å². The van der Waals surface area contributed by atoms with Crippen molar-refractivity contribution in [3.05, 3.63) is 71.3 Å². The smallest absolute Gasteiger partial charge is 0.126 e. The molecule has 0 aliphatic rings. The zero-order valence-corrected chi connectivity index (χ0v) is 12.3. The molecule has 2 aromatic rings. The first-order chi connectivity index (χ1) is 10.0. The van der Waals surface area contributed by atoms with Gasteiger partial charge >= 0.3 is 0 Å². The maximum Gasteiger partial charge on any atom is 0.126 e. The molecule has 0 heterocycles. The molecule has 0 aromatic heterocycles. The highest BCUT2D eigenvalue weighted by Crippen LogP contribution is 2.38. The summed E-state index contributed by atoms with van der Waals surface area (Å²) in [5, 5.41) is 10.7. The first-order valence-electron chi connectivity index (χ1n) is 7.22. The van der Waals surface area contributed by atoms with Crippen LogP contribution in [0.5, 0.6) is 0 Å². The van der Waals surface area contributed by atoms with E-state index in [-0.39, 0.29) is 17.4 Å². The van der Waals surface area contributed by atoms with Crippen LogP contribution < -0.4 is 0 Å². The fraction of sp³-hybridized carbons (Fsp3) is 0.333. The lowest BCUT2D eigenvalue weighted by atomic mass is 9.79. The summed E-state index contributed by atoms with van der Waals surface area (Å²) in [5.41, 5.74) is 1.26. The van der Waals surface area contributed by atoms with Crippen LogP contribution in [0.25, 0.3) is 0 Å². The summed E-state index contributed by atoms with van der Waals surface area (Å²) in [6.45, 7) is 4.08. The van der Waals surface area contributed by atoms with Crippen molar-refractivity contribution in [2.24, 2.45) is 5.92 Å². The van der Waals surface area contributed by atoms with E-state index >= 15 is 0 Å². The van der Waals surface area contributed by atoms with Crippen LogP contribution in [0.15, 0.2) is 48.5 Å². The Morgan fingerprint density at radius 1 is 0.952 bits per heavy atom. The van der Waals surface area contributed by atoms with Crippen molar-refractivity contribution in [3.63, 3.8) is 0 Å². The third-order valence-corrected chi connectivity index (χ3v) is 4.01. The number of aliphatic hydroxyl groups excluding tert-OH is 1. The van der Waals surface area contributed by atoms with E-state index in [1.165, 1.54) is 12.1 Å². The SMILES string of the molecule is CCC(C)C(c1ccccc1)C(O)c1cc(F)cc(F)c1. The molecular weight excluding hydrogens is 270 g/mol. The Bertz CT molecular complexity index is 563. The fourth-order valence-corrected chi connectivity index (χ4v) is 2.70. The fourth-order valence-electron chi connectivity index (χ4n) is 2.70. The molecule has 0 spiro atoms. The summed E-state index contributed by atoms with van der Waals surface area (Å²) in [6.07, 6.45) is -0.0680. The molecule has 3 atom stereocenters. The predicted molar refractivity (Wildman–Crippen MR) is 80.0 cm³/mol. The number of benzene rings is 2. The van der Waals surface area contributed by atoms with Crippen molar-refractivity contribution < 1.29 is 13.9 Å². The molecule has 0 saturated carbocycles. The van der Waals surface area contributed by atoms with E-state index in [0.717, 1.165) is 18.1 Å². The molecule has 0 radical (unpaired) electrons. The maximum atomic E-state index is 13.4. The highest BCUT2D eigenvalue weighted by molar-refractivity contribution is 5.28. The van der Waals surface area contributed by atoms with Crippen LogP contribution in [0.3, 0.4) is 0 Å². The lowest BCUT2D eigenvalue weighted by Crippen LogP contribution is -2.18. The second kappa shape index (κ2) is 6.81. The summed E-state index contributed by atoms with van der Waals surface area (Å²) in [4.78, 5) is 0. The predicted octanol–water partition coefficient (Wildman–Crippen LogP) is 4.83. The van der Waals surface area contributed by atoms with Gasteiger partial charge in [-0.3, -0.25) is 0 Å². The van der Waals surface area contributed by atoms with Crippen molar-refractivity contribution in [3.8, 4) is 0 Å². The molecule has 2 rings (SSSR count). The zero-order chi connectivity index (χ0) is 15.4. The van der Waals surface area contributed by atoms with Crippen LogP contribution in [0.1, 0.15) is 43.4 Å². The van der Waals surface area contributed by atoms with Gasteiger partial charge in [-0.1, -0.05) is 50.6 Å². The summed E-state index contributed by atoms with van der Waals surface area (Å²) in [6, 6.07) is 12.8. The van der Waals surface area contributed by atoms with Crippen molar-refractivity contribution in [1.82, 2.24) is 0 Å². The molecule has 21 heavy (non-hydrogen) atoms. The molecule has 0 aliphatic heterocycles. The van der Waals surface area contributed by atoms with E-state index in [4.69, 9.17) is 0 Å². The highest BCUT2D eigenvalue weighted by atomic mass is 19.1. The van der Waals surface area contributed by atoms with Crippen LogP contribution in [0.4, 0.5) is 8.78 Å². The van der Waals surface area contributed by atoms with E-state index in [2.05, 4.69) is 0 Å². The van der Waals surface area contributed by atoms with Crippen LogP contribution >= 0.6 is 0 Å². The Balaban J connectivity index is 2.41. The van der Waals surface area contributed by atoms with Crippen LogP contribution in [0, 0.1) is 17.6 Å². The molecule has 2 aromatic carbocycles. The number of aliphatic hydroxyl groups is 1. The van der Waals surface area contributed by atoms with Crippen LogP contribution in [-0.2, 0) is 0 Å². The third kappa shape index (κ3) is 3.67. The average Bonchev–Trinajstić information content (AvgIpc) is 2.47. The molecule has 1 nitrogen and oxygen atoms in total. The van der Waals surface area contributed by atoms with E-state index < -0.39 is 17.7 Å². The first-order valence-corrected chi connectivity index (χ1v) is 7.22. The van der Waals surface area contributed by atoms with Gasteiger partial charge < -0.3 is 5.11 Å². The lowest BCUT2D eigenvalue weighted by Gasteiger charge is -2.29. The van der Waals surface area contributed by atoms with Crippen LogP contribution in [0.2, 0.25) is 0 Å². The van der Waals surface area contributed by atoms with Crippen molar-refractivity contribution in [2.75, 3.05) is 0 Å². The molecule has 112 valence electrons. The maximum absolute atomic E-state index is 13.4. The van der Waals surface area contributed by atoms with E-state index in [1.807, 2.05) is 44.2 Å². The van der Waals surface area contributed by atoms with Crippen LogP contribution in [-0.4, -0.2) is 5.11 Å². The zero-order valence-electron chi connectivity index (χ0n) is 12.3. The first kappa shape index (κ1) is 15.6. The topological polar surface area (TPSA) is 20.2 Å². The van der Waals surface area contributed by atoms with E-state index in [1.54, 1.807) is 0 Å². The standard InChI is InChI=1S/C18H20F2O/c1-3-12(2)17(13-7-5-4-6-8-13)18(21)14-9-15(19)11-16(20)10-14/h4-12,17-18,21H,3H2,1-2H3. The van der Waals surface area contributed by atoms with Gasteiger partial charge in [0.25, 0.3) is 0 Å². The Kier molecular flexibility index (Phi) is 5.07. The molecule has 0 bridgehead atoms. The lowest BCUT2D eigenvalue weighted by molar-refractivity contribution is 0.117. The Labute approximate surface area is 124 Å². The second-order valence-electron chi connectivity index (χ2n) is 5.47. The summed E-state index contributed by atoms with van der Waals surface area (Å²) >= 11 is 0. The molecule has 0 aliphatic carbocycles. The van der Waals surface area contributed by atoms with Gasteiger partial charge in [0.2, 0.25) is 0 Å². The van der Waals surface area contributed by atoms with Crippen molar-refractivity contribution in [1.29, 1.82) is 0 Å². The third-order valence-electron chi connectivity index (χ3n) is 4.01. The summed E-state index contributed by atoms with van der Waals surface area (Å²) in [5.74, 6) is -1.34. The number of hydrogen-bond donors (Lipinski definition) is 1. The second-order valence-corrected chi connectivity index (χ2v) is 5.47. The Hall–Kier alpha value is -1.74. The van der Waals surface area contributed by atoms with Gasteiger partial charge in [-0.05, 0) is 29.2 Å². The minimum Gasteiger partial charge on any atom is -0.388 e. The Morgan fingerprint density at radius 3 is 2.05 bits per heavy atom. The Morgan fingerprint density at radius 2 is 1.52 bits per heavy atom. The molecule has 1 N–H and O–H groups in total. The molecule has 0 fully saturated rings. The van der Waals surface area contributed by atoms with Gasteiger partial charge in [-0.2, -0.15) is 0 Å². The number of rotatable bonds is 5. The van der Waals surface area contributed by atoms with Gasteiger partial charge in [0.15, 0.2) is 0 Å². The summed E-state index contributed by atoms with van der Waals surface area (Å²) < 4.78 is 26.8. The van der Waals surface area contributed by atoms with Gasteiger partial charge in [0, 0.05) is 12.0 Å². The van der Waals surface area contributed by atoms with E-state index in [0.29, 0.717) is 0 Å². The number of hydrogen-bond acceptors (Lipinski definition) is 1. The number of halogens is 2. The van der Waals surface area contributed by atoms with E-state index in [9.17, 15) is 13.9 Å². The monoisotopic (exact) mass is 290 g/mol. The highest BCUT2D eigenvalue weighted by Gasteiger charge is 2.27. The largest absolute Gasteiger partial charge is 0.388 e. The normalized spacial score (nSPS) is 15.5. The molecule has 0 saturated heterocycles. The van der Waals surface area contributed by atoms with Gasteiger partial charge in [-0.15, -0.1) is 0 Å². The molecular formula is C18H20F2O. The average molecular weight is 290 g/mol. The van der Waals surface area contributed by atoms with Gasteiger partial charge in [0.05, 0.1) is 6.10 Å². The van der Waals surface area contributed by atoms with Crippen molar-refractivity contribution in [2.45, 2.75) is 32.3 Å². The molecule has 0 amide bonds. The molecule has 3 heteroatoms.